The van der Waals surface area contributed by atoms with Crippen LogP contribution in [0.15, 0.2) is 36.7 Å². The second-order valence-electron chi connectivity index (χ2n) is 4.21. The summed E-state index contributed by atoms with van der Waals surface area (Å²) in [5.41, 5.74) is 1.32. The molecule has 0 aliphatic carbocycles. The van der Waals surface area contributed by atoms with Gasteiger partial charge in [0.05, 0.1) is 12.4 Å². The molecular weight excluding hydrogens is 256 g/mol. The van der Waals surface area contributed by atoms with Crippen LogP contribution in [0, 0.1) is 0 Å². The number of rotatable bonds is 5. The SMILES string of the molecule is CNc1cncc(C(=O)NCCc2ccc(O)cc2)n1. The normalized spacial score (nSPS) is 10.1. The minimum Gasteiger partial charge on any atom is -0.508 e. The van der Waals surface area contributed by atoms with Gasteiger partial charge >= 0.3 is 0 Å². The van der Waals surface area contributed by atoms with E-state index in [2.05, 4.69) is 20.6 Å². The zero-order chi connectivity index (χ0) is 14.4. The molecule has 6 heteroatoms. The van der Waals surface area contributed by atoms with Crippen LogP contribution in [-0.4, -0.2) is 34.6 Å². The van der Waals surface area contributed by atoms with Gasteiger partial charge in [-0.05, 0) is 24.1 Å². The Balaban J connectivity index is 1.87. The molecule has 1 aromatic carbocycles. The molecule has 2 rings (SSSR count). The summed E-state index contributed by atoms with van der Waals surface area (Å²) in [7, 11) is 1.72. The molecule has 0 saturated carbocycles. The van der Waals surface area contributed by atoms with E-state index in [1.54, 1.807) is 25.4 Å². The lowest BCUT2D eigenvalue weighted by atomic mass is 10.1. The molecule has 0 radical (unpaired) electrons. The number of aromatic nitrogens is 2. The lowest BCUT2D eigenvalue weighted by molar-refractivity contribution is 0.0949. The van der Waals surface area contributed by atoms with Crippen molar-refractivity contribution in [3.8, 4) is 5.75 Å². The highest BCUT2D eigenvalue weighted by molar-refractivity contribution is 5.92. The monoisotopic (exact) mass is 272 g/mol. The maximum Gasteiger partial charge on any atom is 0.271 e. The Morgan fingerprint density at radius 3 is 2.70 bits per heavy atom. The molecule has 0 unspecified atom stereocenters. The molecule has 6 nitrogen and oxygen atoms in total. The number of carbonyl (C=O) groups excluding carboxylic acids is 1. The molecule has 0 atom stereocenters. The number of phenolic OH excluding ortho intramolecular Hbond substituents is 1. The van der Waals surface area contributed by atoms with Gasteiger partial charge in [0.25, 0.3) is 5.91 Å². The van der Waals surface area contributed by atoms with Crippen molar-refractivity contribution in [1.82, 2.24) is 15.3 Å². The largest absolute Gasteiger partial charge is 0.508 e. The van der Waals surface area contributed by atoms with Crippen LogP contribution in [-0.2, 0) is 6.42 Å². The first-order valence-electron chi connectivity index (χ1n) is 6.25. The minimum atomic E-state index is -0.256. The number of anilines is 1. The highest BCUT2D eigenvalue weighted by Gasteiger charge is 2.07. The molecule has 0 aliphatic rings. The summed E-state index contributed by atoms with van der Waals surface area (Å²) in [5.74, 6) is 0.529. The first-order valence-corrected chi connectivity index (χ1v) is 6.25. The van der Waals surface area contributed by atoms with Crippen molar-refractivity contribution < 1.29 is 9.90 Å². The average Bonchev–Trinajstić information content (AvgIpc) is 2.49. The van der Waals surface area contributed by atoms with Crippen molar-refractivity contribution in [3.05, 3.63) is 47.9 Å². The predicted octanol–water partition coefficient (Wildman–Crippen LogP) is 1.20. The highest BCUT2D eigenvalue weighted by atomic mass is 16.3. The van der Waals surface area contributed by atoms with Crippen LogP contribution in [0.3, 0.4) is 0 Å². The number of phenols is 1. The number of carbonyl (C=O) groups is 1. The first-order chi connectivity index (χ1) is 9.69. The van der Waals surface area contributed by atoms with Gasteiger partial charge in [-0.3, -0.25) is 9.78 Å². The fourth-order valence-electron chi connectivity index (χ4n) is 1.67. The third-order valence-electron chi connectivity index (χ3n) is 2.76. The van der Waals surface area contributed by atoms with Gasteiger partial charge in [-0.25, -0.2) is 4.98 Å². The molecule has 0 fully saturated rings. The molecule has 3 N–H and O–H groups in total. The quantitative estimate of drug-likeness (QED) is 0.761. The molecular formula is C14H16N4O2. The fourth-order valence-corrected chi connectivity index (χ4v) is 1.67. The second kappa shape index (κ2) is 6.51. The molecule has 0 aliphatic heterocycles. The zero-order valence-electron chi connectivity index (χ0n) is 11.1. The van der Waals surface area contributed by atoms with E-state index in [4.69, 9.17) is 0 Å². The molecule has 1 heterocycles. The molecule has 1 aromatic heterocycles. The maximum absolute atomic E-state index is 11.9. The van der Waals surface area contributed by atoms with Crippen LogP contribution in [0.5, 0.6) is 5.75 Å². The van der Waals surface area contributed by atoms with E-state index in [1.807, 2.05) is 12.1 Å². The zero-order valence-corrected chi connectivity index (χ0v) is 11.1. The van der Waals surface area contributed by atoms with Gasteiger partial charge in [0.1, 0.15) is 17.3 Å². The third kappa shape index (κ3) is 3.68. The maximum atomic E-state index is 11.9. The molecule has 0 saturated heterocycles. The van der Waals surface area contributed by atoms with Crippen LogP contribution in [0.25, 0.3) is 0 Å². The molecule has 0 bridgehead atoms. The number of amides is 1. The molecule has 1 amide bonds. The van der Waals surface area contributed by atoms with E-state index in [0.717, 1.165) is 5.56 Å². The number of hydrogen-bond acceptors (Lipinski definition) is 5. The Hall–Kier alpha value is -2.63. The lowest BCUT2D eigenvalue weighted by Gasteiger charge is -2.06. The number of nitrogens with zero attached hydrogens (tertiary/aromatic N) is 2. The standard InChI is InChI=1S/C14H16N4O2/c1-15-13-9-16-8-12(18-13)14(20)17-7-6-10-2-4-11(19)5-3-10/h2-5,8-9,19H,6-7H2,1H3,(H,15,18)(H,17,20). The summed E-state index contributed by atoms with van der Waals surface area (Å²) in [6.45, 7) is 0.495. The second-order valence-corrected chi connectivity index (χ2v) is 4.21. The summed E-state index contributed by atoms with van der Waals surface area (Å²) in [6, 6.07) is 6.89. The topological polar surface area (TPSA) is 87.1 Å². The van der Waals surface area contributed by atoms with E-state index in [0.29, 0.717) is 18.8 Å². The van der Waals surface area contributed by atoms with Gasteiger partial charge in [0, 0.05) is 13.6 Å². The molecule has 20 heavy (non-hydrogen) atoms. The van der Waals surface area contributed by atoms with Gasteiger partial charge in [-0.1, -0.05) is 12.1 Å². The summed E-state index contributed by atoms with van der Waals surface area (Å²) >= 11 is 0. The summed E-state index contributed by atoms with van der Waals surface area (Å²) < 4.78 is 0. The van der Waals surface area contributed by atoms with Crippen molar-refractivity contribution in [2.75, 3.05) is 18.9 Å². The van der Waals surface area contributed by atoms with Crippen LogP contribution < -0.4 is 10.6 Å². The lowest BCUT2D eigenvalue weighted by Crippen LogP contribution is -2.26. The van der Waals surface area contributed by atoms with Crippen molar-refractivity contribution in [2.24, 2.45) is 0 Å². The Morgan fingerprint density at radius 1 is 1.25 bits per heavy atom. The summed E-state index contributed by atoms with van der Waals surface area (Å²) in [5, 5.41) is 14.8. The van der Waals surface area contributed by atoms with Crippen LogP contribution in [0.1, 0.15) is 16.1 Å². The van der Waals surface area contributed by atoms with Crippen molar-refractivity contribution >= 4 is 11.7 Å². The minimum absolute atomic E-state index is 0.233. The number of hydrogen-bond donors (Lipinski definition) is 3. The van der Waals surface area contributed by atoms with Crippen molar-refractivity contribution in [2.45, 2.75) is 6.42 Å². The Bertz CT molecular complexity index is 584. The van der Waals surface area contributed by atoms with Gasteiger partial charge in [-0.2, -0.15) is 0 Å². The van der Waals surface area contributed by atoms with Gasteiger partial charge in [0.15, 0.2) is 0 Å². The predicted molar refractivity (Wildman–Crippen MR) is 75.7 cm³/mol. The van der Waals surface area contributed by atoms with E-state index < -0.39 is 0 Å². The highest BCUT2D eigenvalue weighted by Crippen LogP contribution is 2.09. The Morgan fingerprint density at radius 2 is 2.00 bits per heavy atom. The fraction of sp³-hybridized carbons (Fsp3) is 0.214. The number of benzene rings is 1. The van der Waals surface area contributed by atoms with Gasteiger partial charge in [-0.15, -0.1) is 0 Å². The molecule has 2 aromatic rings. The van der Waals surface area contributed by atoms with Gasteiger partial charge < -0.3 is 15.7 Å². The molecule has 104 valence electrons. The van der Waals surface area contributed by atoms with Crippen molar-refractivity contribution in [3.63, 3.8) is 0 Å². The number of aromatic hydroxyl groups is 1. The van der Waals surface area contributed by atoms with E-state index >= 15 is 0 Å². The smallest absolute Gasteiger partial charge is 0.271 e. The first kappa shape index (κ1) is 13.8. The van der Waals surface area contributed by atoms with Crippen LogP contribution >= 0.6 is 0 Å². The summed E-state index contributed by atoms with van der Waals surface area (Å²) in [6.07, 6.45) is 3.66. The molecule has 0 spiro atoms. The number of nitrogens with one attached hydrogen (secondary N) is 2. The van der Waals surface area contributed by atoms with E-state index in [1.165, 1.54) is 6.20 Å². The third-order valence-corrected chi connectivity index (χ3v) is 2.76. The van der Waals surface area contributed by atoms with Crippen LogP contribution in [0.2, 0.25) is 0 Å². The van der Waals surface area contributed by atoms with E-state index in [9.17, 15) is 9.90 Å². The Labute approximate surface area is 116 Å². The van der Waals surface area contributed by atoms with E-state index in [-0.39, 0.29) is 17.4 Å². The average molecular weight is 272 g/mol. The van der Waals surface area contributed by atoms with Gasteiger partial charge in [0.2, 0.25) is 0 Å². The van der Waals surface area contributed by atoms with Crippen molar-refractivity contribution in [1.29, 1.82) is 0 Å². The van der Waals surface area contributed by atoms with Crippen LogP contribution in [0.4, 0.5) is 5.82 Å². The summed E-state index contributed by atoms with van der Waals surface area (Å²) in [4.78, 5) is 19.9. The Kier molecular flexibility index (Phi) is 4.49.